The zero-order chi connectivity index (χ0) is 13.5. The van der Waals surface area contributed by atoms with Crippen LogP contribution in [0.5, 0.6) is 0 Å². The summed E-state index contributed by atoms with van der Waals surface area (Å²) in [6.07, 6.45) is 1.38. The summed E-state index contributed by atoms with van der Waals surface area (Å²) in [6.45, 7) is 1.94. The molecule has 1 aromatic carbocycles. The number of nitro benzene ring substituents is 1. The summed E-state index contributed by atoms with van der Waals surface area (Å²) in [5.41, 5.74) is 0.404. The minimum absolute atomic E-state index is 0.0553. The molecule has 6 heteroatoms. The molecule has 1 aromatic rings. The van der Waals surface area contributed by atoms with Crippen LogP contribution < -0.4 is 0 Å². The lowest BCUT2D eigenvalue weighted by Crippen LogP contribution is -2.01. The zero-order valence-corrected chi connectivity index (χ0v) is 9.78. The van der Waals surface area contributed by atoms with Crippen molar-refractivity contribution in [3.05, 3.63) is 52.1 Å². The number of ether oxygens (including phenoxy) is 1. The first-order valence-corrected chi connectivity index (χ1v) is 5.32. The average Bonchev–Trinajstić information content (AvgIpc) is 2.36. The Bertz CT molecular complexity index is 452. The van der Waals surface area contributed by atoms with Crippen LogP contribution >= 0.6 is 0 Å². The number of rotatable bonds is 5. The van der Waals surface area contributed by atoms with E-state index in [2.05, 4.69) is 4.74 Å². The number of hydrogen-bond acceptors (Lipinski definition) is 5. The molecule has 1 atom stereocenters. The number of carbonyl (C=O) groups is 1. The SMILES string of the molecule is CCOC(=O)/C=C/C(O)c1ccc([N+](=O)[O-])cc1. The smallest absolute Gasteiger partial charge is 0.330 e. The van der Waals surface area contributed by atoms with Crippen LogP contribution in [0.1, 0.15) is 18.6 Å². The molecule has 1 unspecified atom stereocenters. The lowest BCUT2D eigenvalue weighted by Gasteiger charge is -2.05. The van der Waals surface area contributed by atoms with Gasteiger partial charge in [0.25, 0.3) is 5.69 Å². The van der Waals surface area contributed by atoms with Crippen LogP contribution in [0, 0.1) is 10.1 Å². The summed E-state index contributed by atoms with van der Waals surface area (Å²) in [7, 11) is 0. The number of nitrogens with zero attached hydrogens (tertiary/aromatic N) is 1. The molecule has 0 aliphatic rings. The number of nitro groups is 1. The standard InChI is InChI=1S/C12H13NO5/c1-2-18-12(15)8-7-11(14)9-3-5-10(6-4-9)13(16)17/h3-8,11,14H,2H2,1H3/b8-7+. The molecule has 0 bridgehead atoms. The van der Waals surface area contributed by atoms with Crippen molar-refractivity contribution in [1.29, 1.82) is 0 Å². The van der Waals surface area contributed by atoms with E-state index >= 15 is 0 Å². The Balaban J connectivity index is 2.69. The van der Waals surface area contributed by atoms with E-state index in [1.54, 1.807) is 6.92 Å². The second-order valence-corrected chi connectivity index (χ2v) is 3.40. The van der Waals surface area contributed by atoms with E-state index in [0.29, 0.717) is 5.56 Å². The van der Waals surface area contributed by atoms with E-state index in [9.17, 15) is 20.0 Å². The number of non-ortho nitro benzene ring substituents is 1. The van der Waals surface area contributed by atoms with E-state index in [1.165, 1.54) is 30.3 Å². The number of esters is 1. The zero-order valence-electron chi connectivity index (χ0n) is 9.78. The van der Waals surface area contributed by atoms with Gasteiger partial charge in [-0.1, -0.05) is 0 Å². The number of aliphatic hydroxyl groups excluding tert-OH is 1. The molecule has 0 aliphatic heterocycles. The number of hydrogen-bond donors (Lipinski definition) is 1. The first-order chi connectivity index (χ1) is 8.54. The van der Waals surface area contributed by atoms with Crippen LogP contribution in [0.2, 0.25) is 0 Å². The van der Waals surface area contributed by atoms with Crippen molar-refractivity contribution in [2.45, 2.75) is 13.0 Å². The van der Waals surface area contributed by atoms with Gasteiger partial charge in [-0.05, 0) is 30.7 Å². The minimum atomic E-state index is -1.00. The molecule has 0 radical (unpaired) electrons. The van der Waals surface area contributed by atoms with Gasteiger partial charge in [-0.3, -0.25) is 10.1 Å². The fourth-order valence-electron chi connectivity index (χ4n) is 1.26. The van der Waals surface area contributed by atoms with Crippen LogP contribution in [0.15, 0.2) is 36.4 Å². The van der Waals surface area contributed by atoms with E-state index in [1.807, 2.05) is 0 Å². The second kappa shape index (κ2) is 6.51. The van der Waals surface area contributed by atoms with Gasteiger partial charge in [0.2, 0.25) is 0 Å². The van der Waals surface area contributed by atoms with Crippen LogP contribution in [-0.2, 0) is 9.53 Å². The van der Waals surface area contributed by atoms with Crippen LogP contribution in [-0.4, -0.2) is 22.6 Å². The van der Waals surface area contributed by atoms with Crippen molar-refractivity contribution in [1.82, 2.24) is 0 Å². The Hall–Kier alpha value is -2.21. The first kappa shape index (κ1) is 13.9. The van der Waals surface area contributed by atoms with Crippen LogP contribution in [0.4, 0.5) is 5.69 Å². The normalized spacial score (nSPS) is 12.3. The third-order valence-electron chi connectivity index (χ3n) is 2.15. The Labute approximate surface area is 104 Å². The predicted molar refractivity (Wildman–Crippen MR) is 63.8 cm³/mol. The molecule has 96 valence electrons. The highest BCUT2D eigenvalue weighted by molar-refractivity contribution is 5.82. The molecular formula is C12H13NO5. The maximum Gasteiger partial charge on any atom is 0.330 e. The Morgan fingerprint density at radius 3 is 2.61 bits per heavy atom. The topological polar surface area (TPSA) is 89.7 Å². The third-order valence-corrected chi connectivity index (χ3v) is 2.15. The monoisotopic (exact) mass is 251 g/mol. The molecule has 1 rings (SSSR count). The molecule has 0 fully saturated rings. The van der Waals surface area contributed by atoms with Crippen molar-refractivity contribution in [2.24, 2.45) is 0 Å². The van der Waals surface area contributed by atoms with Gasteiger partial charge in [-0.25, -0.2) is 4.79 Å². The van der Waals surface area contributed by atoms with Gasteiger partial charge in [-0.2, -0.15) is 0 Å². The van der Waals surface area contributed by atoms with E-state index in [-0.39, 0.29) is 12.3 Å². The highest BCUT2D eigenvalue weighted by Crippen LogP contribution is 2.18. The molecule has 1 N–H and O–H groups in total. The molecule has 0 amide bonds. The van der Waals surface area contributed by atoms with Gasteiger partial charge in [0.15, 0.2) is 0 Å². The highest BCUT2D eigenvalue weighted by atomic mass is 16.6. The summed E-state index contributed by atoms with van der Waals surface area (Å²) in [5, 5.41) is 20.1. The largest absolute Gasteiger partial charge is 0.463 e. The van der Waals surface area contributed by atoms with Gasteiger partial charge >= 0.3 is 5.97 Å². The molecule has 0 spiro atoms. The molecule has 0 saturated heterocycles. The van der Waals surface area contributed by atoms with E-state index in [4.69, 9.17) is 0 Å². The van der Waals surface area contributed by atoms with Crippen LogP contribution in [0.3, 0.4) is 0 Å². The minimum Gasteiger partial charge on any atom is -0.463 e. The number of benzene rings is 1. The number of aliphatic hydroxyl groups is 1. The maximum absolute atomic E-state index is 11.0. The fraction of sp³-hybridized carbons (Fsp3) is 0.250. The molecule has 6 nitrogen and oxygen atoms in total. The van der Waals surface area contributed by atoms with E-state index in [0.717, 1.165) is 6.08 Å². The van der Waals surface area contributed by atoms with Crippen molar-refractivity contribution in [2.75, 3.05) is 6.61 Å². The van der Waals surface area contributed by atoms with Crippen LogP contribution in [0.25, 0.3) is 0 Å². The van der Waals surface area contributed by atoms with Crippen molar-refractivity contribution in [3.8, 4) is 0 Å². The Morgan fingerprint density at radius 1 is 1.50 bits per heavy atom. The van der Waals surface area contributed by atoms with Crippen molar-refractivity contribution in [3.63, 3.8) is 0 Å². The summed E-state index contributed by atoms with van der Waals surface area (Å²) in [5.74, 6) is -0.543. The second-order valence-electron chi connectivity index (χ2n) is 3.40. The van der Waals surface area contributed by atoms with Crippen molar-refractivity contribution >= 4 is 11.7 Å². The Morgan fingerprint density at radius 2 is 2.11 bits per heavy atom. The Kier molecular flexibility index (Phi) is 5.01. The molecule has 0 heterocycles. The molecule has 18 heavy (non-hydrogen) atoms. The van der Waals surface area contributed by atoms with Gasteiger partial charge in [-0.15, -0.1) is 0 Å². The summed E-state index contributed by atoms with van der Waals surface area (Å²) < 4.78 is 4.65. The quantitative estimate of drug-likeness (QED) is 0.372. The average molecular weight is 251 g/mol. The molecular weight excluding hydrogens is 238 g/mol. The maximum atomic E-state index is 11.0. The fourth-order valence-corrected chi connectivity index (χ4v) is 1.26. The van der Waals surface area contributed by atoms with Gasteiger partial charge in [0, 0.05) is 18.2 Å². The lowest BCUT2D eigenvalue weighted by atomic mass is 10.1. The summed E-state index contributed by atoms with van der Waals surface area (Å²) in [4.78, 5) is 20.9. The summed E-state index contributed by atoms with van der Waals surface area (Å²) >= 11 is 0. The van der Waals surface area contributed by atoms with Gasteiger partial charge in [0.1, 0.15) is 0 Å². The van der Waals surface area contributed by atoms with Gasteiger partial charge < -0.3 is 9.84 Å². The predicted octanol–water partition coefficient (Wildman–Crippen LogP) is 1.75. The first-order valence-electron chi connectivity index (χ1n) is 5.32. The lowest BCUT2D eigenvalue weighted by molar-refractivity contribution is -0.384. The van der Waals surface area contributed by atoms with Gasteiger partial charge in [0.05, 0.1) is 17.6 Å². The third kappa shape index (κ3) is 3.99. The number of carbonyl (C=O) groups excluding carboxylic acids is 1. The molecule has 0 aromatic heterocycles. The summed E-state index contributed by atoms with van der Waals surface area (Å²) in [6, 6.07) is 5.43. The molecule has 0 aliphatic carbocycles. The highest BCUT2D eigenvalue weighted by Gasteiger charge is 2.08. The molecule has 0 saturated carbocycles. The van der Waals surface area contributed by atoms with Crippen molar-refractivity contribution < 1.29 is 19.6 Å². The van der Waals surface area contributed by atoms with E-state index < -0.39 is 17.0 Å².